The number of hydrogen-bond donors (Lipinski definition) is 1. The van der Waals surface area contributed by atoms with E-state index in [4.69, 9.17) is 10.7 Å². The van der Waals surface area contributed by atoms with Crippen LogP contribution < -0.4 is 10.6 Å². The molecule has 2 aromatic rings. The van der Waals surface area contributed by atoms with E-state index in [2.05, 4.69) is 6.07 Å². The number of fused-ring (bicyclic) bond motifs is 1. The molecule has 4 rings (SSSR count). The molecule has 2 aliphatic rings. The number of pyridine rings is 1. The van der Waals surface area contributed by atoms with Crippen molar-refractivity contribution in [3.05, 3.63) is 52.7 Å². The number of nitrogens with two attached hydrogens (primary N) is 1. The summed E-state index contributed by atoms with van der Waals surface area (Å²) in [4.78, 5) is 42.7. The summed E-state index contributed by atoms with van der Waals surface area (Å²) in [6.45, 7) is 0. The SMILES string of the molecule is N#Cc1cc2c(nc1SC1CC(=O)N(c3ccc(C(N)=O)cc3)C1=O)CCCCCC2. The van der Waals surface area contributed by atoms with E-state index in [0.717, 1.165) is 41.8 Å². The van der Waals surface area contributed by atoms with Gasteiger partial charge in [0, 0.05) is 17.7 Å². The molecular formula is C23H22N4O3S. The van der Waals surface area contributed by atoms with Crippen molar-refractivity contribution >= 4 is 35.2 Å². The van der Waals surface area contributed by atoms with Crippen LogP contribution in [-0.2, 0) is 22.4 Å². The van der Waals surface area contributed by atoms with Crippen molar-refractivity contribution in [2.45, 2.75) is 55.2 Å². The third-order valence-corrected chi connectivity index (χ3v) is 6.84. The number of nitrogens with zero attached hydrogens (tertiary/aromatic N) is 3. The summed E-state index contributed by atoms with van der Waals surface area (Å²) < 4.78 is 0. The molecule has 0 radical (unpaired) electrons. The van der Waals surface area contributed by atoms with Crippen LogP contribution in [0.1, 0.15) is 59.3 Å². The molecule has 1 aliphatic carbocycles. The molecule has 0 saturated carbocycles. The van der Waals surface area contributed by atoms with Crippen LogP contribution in [-0.4, -0.2) is 28.0 Å². The standard InChI is InChI=1S/C23H22N4O3S/c24-13-16-11-15-5-3-1-2-4-6-18(15)26-22(16)31-19-12-20(28)27(23(19)30)17-9-7-14(8-10-17)21(25)29/h7-11,19H,1-6,12H2,(H2,25,29). The Hall–Kier alpha value is -3.18. The minimum Gasteiger partial charge on any atom is -0.366 e. The van der Waals surface area contributed by atoms with E-state index in [1.165, 1.54) is 48.9 Å². The molecule has 31 heavy (non-hydrogen) atoms. The van der Waals surface area contributed by atoms with E-state index in [9.17, 15) is 19.6 Å². The fourth-order valence-corrected chi connectivity index (χ4v) is 5.11. The fourth-order valence-electron chi connectivity index (χ4n) is 4.02. The van der Waals surface area contributed by atoms with E-state index in [0.29, 0.717) is 21.8 Å². The second-order valence-corrected chi connectivity index (χ2v) is 8.95. The monoisotopic (exact) mass is 434 g/mol. The summed E-state index contributed by atoms with van der Waals surface area (Å²) in [5.41, 5.74) is 8.52. The fraction of sp³-hybridized carbons (Fsp3) is 0.348. The van der Waals surface area contributed by atoms with Crippen molar-refractivity contribution < 1.29 is 14.4 Å². The lowest BCUT2D eigenvalue weighted by atomic mass is 9.96. The number of primary amides is 1. The first-order valence-electron chi connectivity index (χ1n) is 10.3. The number of aryl methyl sites for hydroxylation is 2. The molecule has 0 bridgehead atoms. The summed E-state index contributed by atoms with van der Waals surface area (Å²) in [5, 5.41) is 9.50. The summed E-state index contributed by atoms with van der Waals surface area (Å²) in [5.74, 6) is -1.24. The Morgan fingerprint density at radius 2 is 1.84 bits per heavy atom. The summed E-state index contributed by atoms with van der Waals surface area (Å²) in [7, 11) is 0. The minimum atomic E-state index is -0.644. The zero-order valence-corrected chi connectivity index (χ0v) is 17.8. The number of carbonyl (C=O) groups is 3. The molecular weight excluding hydrogens is 412 g/mol. The molecule has 1 aliphatic heterocycles. The number of rotatable bonds is 4. The van der Waals surface area contributed by atoms with Crippen molar-refractivity contribution in [3.63, 3.8) is 0 Å². The van der Waals surface area contributed by atoms with Crippen molar-refractivity contribution in [1.82, 2.24) is 4.98 Å². The average Bonchev–Trinajstić information content (AvgIpc) is 3.02. The molecule has 8 heteroatoms. The van der Waals surface area contributed by atoms with Crippen molar-refractivity contribution in [3.8, 4) is 6.07 Å². The Morgan fingerprint density at radius 3 is 2.52 bits per heavy atom. The van der Waals surface area contributed by atoms with Gasteiger partial charge in [-0.1, -0.05) is 24.6 Å². The zero-order chi connectivity index (χ0) is 22.0. The van der Waals surface area contributed by atoms with Gasteiger partial charge in [0.1, 0.15) is 11.1 Å². The van der Waals surface area contributed by atoms with E-state index >= 15 is 0 Å². The number of imide groups is 1. The first kappa shape index (κ1) is 21.1. The van der Waals surface area contributed by atoms with Gasteiger partial charge >= 0.3 is 0 Å². The Morgan fingerprint density at radius 1 is 1.13 bits per heavy atom. The third kappa shape index (κ3) is 4.32. The van der Waals surface area contributed by atoms with Crippen LogP contribution in [0.2, 0.25) is 0 Å². The molecule has 1 aromatic heterocycles. The van der Waals surface area contributed by atoms with Crippen LogP contribution >= 0.6 is 11.8 Å². The zero-order valence-electron chi connectivity index (χ0n) is 17.0. The molecule has 1 atom stereocenters. The van der Waals surface area contributed by atoms with Gasteiger partial charge in [-0.3, -0.25) is 14.4 Å². The largest absolute Gasteiger partial charge is 0.366 e. The van der Waals surface area contributed by atoms with Gasteiger partial charge in [-0.2, -0.15) is 5.26 Å². The van der Waals surface area contributed by atoms with E-state index < -0.39 is 11.2 Å². The average molecular weight is 435 g/mol. The van der Waals surface area contributed by atoms with Gasteiger partial charge in [-0.05, 0) is 61.6 Å². The predicted octanol–water partition coefficient (Wildman–Crippen LogP) is 3.14. The molecule has 1 fully saturated rings. The quantitative estimate of drug-likeness (QED) is 0.739. The molecule has 158 valence electrons. The van der Waals surface area contributed by atoms with Crippen LogP contribution in [0.25, 0.3) is 0 Å². The highest BCUT2D eigenvalue weighted by Gasteiger charge is 2.40. The van der Waals surface area contributed by atoms with Crippen LogP contribution in [0.15, 0.2) is 35.4 Å². The maximum absolute atomic E-state index is 13.0. The Balaban J connectivity index is 1.58. The molecule has 2 heterocycles. The molecule has 3 amide bonds. The highest BCUT2D eigenvalue weighted by molar-refractivity contribution is 8.00. The minimum absolute atomic E-state index is 0.0324. The maximum atomic E-state index is 13.0. The number of aromatic nitrogens is 1. The third-order valence-electron chi connectivity index (χ3n) is 5.66. The lowest BCUT2D eigenvalue weighted by Gasteiger charge is -2.17. The number of amides is 3. The molecule has 7 nitrogen and oxygen atoms in total. The van der Waals surface area contributed by atoms with E-state index in [-0.39, 0.29) is 18.2 Å². The van der Waals surface area contributed by atoms with Gasteiger partial charge in [-0.15, -0.1) is 0 Å². The smallest absolute Gasteiger partial charge is 0.248 e. The van der Waals surface area contributed by atoms with E-state index in [1.54, 1.807) is 0 Å². The van der Waals surface area contributed by atoms with Gasteiger partial charge in [0.25, 0.3) is 0 Å². The van der Waals surface area contributed by atoms with Gasteiger partial charge in [0.15, 0.2) is 0 Å². The molecule has 1 unspecified atom stereocenters. The Kier molecular flexibility index (Phi) is 6.05. The highest BCUT2D eigenvalue weighted by Crippen LogP contribution is 2.36. The number of carbonyl (C=O) groups excluding carboxylic acids is 3. The van der Waals surface area contributed by atoms with Crippen molar-refractivity contribution in [2.24, 2.45) is 5.73 Å². The predicted molar refractivity (Wildman–Crippen MR) is 117 cm³/mol. The van der Waals surface area contributed by atoms with Gasteiger partial charge in [0.05, 0.1) is 16.5 Å². The summed E-state index contributed by atoms with van der Waals surface area (Å²) in [6, 6.07) is 10.2. The lowest BCUT2D eigenvalue weighted by molar-refractivity contribution is -0.121. The second kappa shape index (κ2) is 8.90. The first-order valence-corrected chi connectivity index (χ1v) is 11.2. The molecule has 1 aromatic carbocycles. The number of nitriles is 1. The topological polar surface area (TPSA) is 117 Å². The maximum Gasteiger partial charge on any atom is 0.248 e. The normalized spacial score (nSPS) is 18.8. The van der Waals surface area contributed by atoms with Crippen LogP contribution in [0.3, 0.4) is 0 Å². The van der Waals surface area contributed by atoms with Gasteiger partial charge in [0.2, 0.25) is 17.7 Å². The second-order valence-electron chi connectivity index (χ2n) is 7.76. The van der Waals surface area contributed by atoms with Crippen molar-refractivity contribution in [2.75, 3.05) is 4.90 Å². The van der Waals surface area contributed by atoms with Gasteiger partial charge < -0.3 is 5.73 Å². The number of anilines is 1. The van der Waals surface area contributed by atoms with Crippen LogP contribution in [0, 0.1) is 11.3 Å². The Bertz CT molecular complexity index is 1090. The molecule has 1 saturated heterocycles. The Labute approximate surface area is 184 Å². The highest BCUT2D eigenvalue weighted by atomic mass is 32.2. The number of thioether (sulfide) groups is 1. The molecule has 2 N–H and O–H groups in total. The number of benzene rings is 1. The summed E-state index contributed by atoms with van der Waals surface area (Å²) in [6.07, 6.45) is 6.32. The lowest BCUT2D eigenvalue weighted by Crippen LogP contribution is -2.31. The number of hydrogen-bond acceptors (Lipinski definition) is 6. The van der Waals surface area contributed by atoms with Crippen molar-refractivity contribution in [1.29, 1.82) is 5.26 Å². The summed E-state index contributed by atoms with van der Waals surface area (Å²) >= 11 is 1.19. The van der Waals surface area contributed by atoms with E-state index in [1.807, 2.05) is 6.07 Å². The van der Waals surface area contributed by atoms with Crippen LogP contribution in [0.5, 0.6) is 0 Å². The van der Waals surface area contributed by atoms with Gasteiger partial charge in [-0.25, -0.2) is 9.88 Å². The molecule has 0 spiro atoms. The van der Waals surface area contributed by atoms with Crippen LogP contribution in [0.4, 0.5) is 5.69 Å². The first-order chi connectivity index (χ1) is 15.0.